The highest BCUT2D eigenvalue weighted by Gasteiger charge is 2.23. The molecular formula is C14H24N4O. The summed E-state index contributed by atoms with van der Waals surface area (Å²) in [6.45, 7) is 6.83. The van der Waals surface area contributed by atoms with Crippen LogP contribution in [0, 0.1) is 5.92 Å². The van der Waals surface area contributed by atoms with Gasteiger partial charge in [0.2, 0.25) is 5.88 Å². The minimum absolute atomic E-state index is 0.232. The van der Waals surface area contributed by atoms with Crippen LogP contribution in [0.25, 0.3) is 0 Å². The molecule has 0 amide bonds. The van der Waals surface area contributed by atoms with Crippen molar-refractivity contribution >= 4 is 5.82 Å². The molecule has 19 heavy (non-hydrogen) atoms. The highest BCUT2D eigenvalue weighted by molar-refractivity contribution is 5.38. The van der Waals surface area contributed by atoms with Gasteiger partial charge in [-0.05, 0) is 32.1 Å². The van der Waals surface area contributed by atoms with Crippen molar-refractivity contribution in [2.75, 3.05) is 24.6 Å². The molecule has 0 aliphatic carbocycles. The van der Waals surface area contributed by atoms with E-state index in [0.29, 0.717) is 18.4 Å². The smallest absolute Gasteiger partial charge is 0.234 e. The Balaban J connectivity index is 2.04. The lowest BCUT2D eigenvalue weighted by Gasteiger charge is -2.35. The van der Waals surface area contributed by atoms with Gasteiger partial charge in [0.1, 0.15) is 0 Å². The maximum atomic E-state index is 6.02. The molecule has 1 saturated heterocycles. The van der Waals surface area contributed by atoms with Crippen LogP contribution in [0.4, 0.5) is 5.82 Å². The number of hydrogen-bond donors (Lipinski definition) is 1. The number of hydrogen-bond acceptors (Lipinski definition) is 5. The van der Waals surface area contributed by atoms with Crippen molar-refractivity contribution in [2.45, 2.75) is 39.2 Å². The molecule has 1 aliphatic rings. The molecule has 1 aromatic rings. The maximum Gasteiger partial charge on any atom is 0.234 e. The highest BCUT2D eigenvalue weighted by atomic mass is 16.5. The molecule has 2 rings (SSSR count). The van der Waals surface area contributed by atoms with E-state index in [9.17, 15) is 0 Å². The van der Waals surface area contributed by atoms with E-state index >= 15 is 0 Å². The first-order valence-corrected chi connectivity index (χ1v) is 7.16. The normalized spacial score (nSPS) is 21.2. The average Bonchev–Trinajstić information content (AvgIpc) is 2.45. The fourth-order valence-electron chi connectivity index (χ4n) is 2.41. The van der Waals surface area contributed by atoms with E-state index < -0.39 is 0 Å². The molecule has 0 radical (unpaired) electrons. The highest BCUT2D eigenvalue weighted by Crippen LogP contribution is 2.23. The molecule has 0 saturated carbocycles. The Morgan fingerprint density at radius 1 is 1.53 bits per heavy atom. The summed E-state index contributed by atoms with van der Waals surface area (Å²) in [5, 5.41) is 0. The van der Waals surface area contributed by atoms with Gasteiger partial charge in [-0.1, -0.05) is 6.92 Å². The van der Waals surface area contributed by atoms with Crippen LogP contribution in [-0.4, -0.2) is 35.7 Å². The topological polar surface area (TPSA) is 64.3 Å². The number of nitrogens with two attached hydrogens (primary N) is 1. The van der Waals surface area contributed by atoms with Gasteiger partial charge >= 0.3 is 0 Å². The van der Waals surface area contributed by atoms with Crippen LogP contribution in [-0.2, 0) is 0 Å². The summed E-state index contributed by atoms with van der Waals surface area (Å²) in [7, 11) is 0. The Kier molecular flexibility index (Phi) is 4.96. The molecule has 0 aromatic carbocycles. The molecule has 0 spiro atoms. The summed E-state index contributed by atoms with van der Waals surface area (Å²) in [4.78, 5) is 11.0. The zero-order valence-corrected chi connectivity index (χ0v) is 11.9. The number of ether oxygens (including phenoxy) is 1. The maximum absolute atomic E-state index is 6.02. The lowest BCUT2D eigenvalue weighted by Crippen LogP contribution is -2.42. The first kappa shape index (κ1) is 14.1. The second kappa shape index (κ2) is 6.70. The number of aromatic nitrogens is 2. The molecule has 5 nitrogen and oxygen atoms in total. The minimum Gasteiger partial charge on any atom is -0.477 e. The van der Waals surface area contributed by atoms with Gasteiger partial charge in [-0.2, -0.15) is 4.98 Å². The van der Waals surface area contributed by atoms with Crippen LogP contribution in [0.15, 0.2) is 12.4 Å². The Bertz CT molecular complexity index is 397. The fourth-order valence-corrected chi connectivity index (χ4v) is 2.41. The standard InChI is InChI=1S/C14H24N4O/c1-3-7-19-14-9-16-8-13(17-14)18-6-4-5-12(10-18)11(2)15/h8-9,11-12H,3-7,10,15H2,1-2H3. The third-order valence-electron chi connectivity index (χ3n) is 3.58. The molecule has 2 unspecified atom stereocenters. The molecule has 106 valence electrons. The Labute approximate surface area is 115 Å². The molecule has 2 N–H and O–H groups in total. The summed E-state index contributed by atoms with van der Waals surface area (Å²) in [5.74, 6) is 2.05. The molecule has 0 bridgehead atoms. The molecule has 1 fully saturated rings. The summed E-state index contributed by atoms with van der Waals surface area (Å²) in [6.07, 6.45) is 6.82. The predicted molar refractivity (Wildman–Crippen MR) is 76.4 cm³/mol. The summed E-state index contributed by atoms with van der Waals surface area (Å²) >= 11 is 0. The van der Waals surface area contributed by atoms with Gasteiger partial charge in [0, 0.05) is 19.1 Å². The molecule has 5 heteroatoms. The van der Waals surface area contributed by atoms with Crippen molar-refractivity contribution < 1.29 is 4.74 Å². The number of nitrogens with zero attached hydrogens (tertiary/aromatic N) is 3. The van der Waals surface area contributed by atoms with Crippen LogP contribution in [0.5, 0.6) is 5.88 Å². The predicted octanol–water partition coefficient (Wildman–Crippen LogP) is 1.83. The summed E-state index contributed by atoms with van der Waals surface area (Å²) in [6, 6.07) is 0.232. The Hall–Kier alpha value is -1.36. The van der Waals surface area contributed by atoms with Gasteiger partial charge in [0.25, 0.3) is 0 Å². The SMILES string of the molecule is CCCOc1cncc(N2CCCC(C(C)N)C2)n1. The Morgan fingerprint density at radius 3 is 3.11 bits per heavy atom. The van der Waals surface area contributed by atoms with E-state index in [1.54, 1.807) is 6.20 Å². The van der Waals surface area contributed by atoms with Gasteiger partial charge in [0.05, 0.1) is 19.0 Å². The second-order valence-corrected chi connectivity index (χ2v) is 5.27. The van der Waals surface area contributed by atoms with Crippen molar-refractivity contribution in [1.82, 2.24) is 9.97 Å². The third-order valence-corrected chi connectivity index (χ3v) is 3.58. The largest absolute Gasteiger partial charge is 0.477 e. The van der Waals surface area contributed by atoms with Crippen molar-refractivity contribution in [3.8, 4) is 5.88 Å². The van der Waals surface area contributed by atoms with Gasteiger partial charge in [-0.15, -0.1) is 0 Å². The molecule has 2 atom stereocenters. The van der Waals surface area contributed by atoms with Gasteiger partial charge < -0.3 is 15.4 Å². The van der Waals surface area contributed by atoms with Crippen molar-refractivity contribution in [2.24, 2.45) is 11.7 Å². The monoisotopic (exact) mass is 264 g/mol. The molecule has 1 aromatic heterocycles. The number of piperidine rings is 1. The first-order chi connectivity index (χ1) is 9.20. The van der Waals surface area contributed by atoms with E-state index in [2.05, 4.69) is 28.7 Å². The summed E-state index contributed by atoms with van der Waals surface area (Å²) < 4.78 is 5.54. The molecular weight excluding hydrogens is 240 g/mol. The van der Waals surface area contributed by atoms with E-state index in [4.69, 9.17) is 10.5 Å². The van der Waals surface area contributed by atoms with Crippen LogP contribution in [0.3, 0.4) is 0 Å². The van der Waals surface area contributed by atoms with E-state index in [1.807, 2.05) is 6.20 Å². The van der Waals surface area contributed by atoms with Gasteiger partial charge in [-0.3, -0.25) is 4.98 Å². The van der Waals surface area contributed by atoms with Gasteiger partial charge in [0.15, 0.2) is 5.82 Å². The Morgan fingerprint density at radius 2 is 2.37 bits per heavy atom. The van der Waals surface area contributed by atoms with Gasteiger partial charge in [-0.25, -0.2) is 0 Å². The molecule has 1 aliphatic heterocycles. The van der Waals surface area contributed by atoms with Crippen molar-refractivity contribution in [3.63, 3.8) is 0 Å². The third kappa shape index (κ3) is 3.80. The van der Waals surface area contributed by atoms with Crippen LogP contribution in [0.2, 0.25) is 0 Å². The minimum atomic E-state index is 0.232. The summed E-state index contributed by atoms with van der Waals surface area (Å²) in [5.41, 5.74) is 6.02. The lowest BCUT2D eigenvalue weighted by atomic mass is 9.92. The van der Waals surface area contributed by atoms with E-state index in [0.717, 1.165) is 31.7 Å². The van der Waals surface area contributed by atoms with E-state index in [-0.39, 0.29) is 6.04 Å². The quantitative estimate of drug-likeness (QED) is 0.879. The molecule has 2 heterocycles. The average molecular weight is 264 g/mol. The zero-order valence-electron chi connectivity index (χ0n) is 11.9. The lowest BCUT2D eigenvalue weighted by molar-refractivity contribution is 0.303. The first-order valence-electron chi connectivity index (χ1n) is 7.16. The van der Waals surface area contributed by atoms with E-state index in [1.165, 1.54) is 6.42 Å². The van der Waals surface area contributed by atoms with Crippen molar-refractivity contribution in [3.05, 3.63) is 12.4 Å². The van der Waals surface area contributed by atoms with Crippen LogP contribution >= 0.6 is 0 Å². The van der Waals surface area contributed by atoms with Crippen LogP contribution in [0.1, 0.15) is 33.1 Å². The number of anilines is 1. The van der Waals surface area contributed by atoms with Crippen LogP contribution < -0.4 is 15.4 Å². The second-order valence-electron chi connectivity index (χ2n) is 5.27. The zero-order chi connectivity index (χ0) is 13.7. The van der Waals surface area contributed by atoms with Crippen molar-refractivity contribution in [1.29, 1.82) is 0 Å². The fraction of sp³-hybridized carbons (Fsp3) is 0.714. The number of rotatable bonds is 5.